The molecule has 0 aliphatic rings. The number of hydrogen-bond acceptors (Lipinski definition) is 3. The molecule has 0 saturated heterocycles. The molecule has 0 unspecified atom stereocenters. The van der Waals surface area contributed by atoms with E-state index in [-0.39, 0.29) is 0 Å². The van der Waals surface area contributed by atoms with E-state index in [4.69, 9.17) is 9.97 Å². The summed E-state index contributed by atoms with van der Waals surface area (Å²) in [5.74, 6) is 0.616. The van der Waals surface area contributed by atoms with Crippen LogP contribution >= 0.6 is 0 Å². The maximum atomic E-state index is 5.65. The van der Waals surface area contributed by atoms with Crippen LogP contribution in [0.25, 0.3) is 116 Å². The molecule has 4 heteroatoms. The van der Waals surface area contributed by atoms with Crippen molar-refractivity contribution in [3.05, 3.63) is 267 Å². The van der Waals surface area contributed by atoms with Crippen molar-refractivity contribution < 1.29 is 0 Å². The Hall–Kier alpha value is -9.64. The van der Waals surface area contributed by atoms with Gasteiger partial charge in [0.25, 0.3) is 0 Å². The number of para-hydroxylation sites is 2. The lowest BCUT2D eigenvalue weighted by molar-refractivity contribution is 0.997. The van der Waals surface area contributed by atoms with Crippen LogP contribution in [0.4, 0.5) is 17.1 Å². The number of aromatic nitrogens is 3. The first-order chi connectivity index (χ1) is 35.7. The van der Waals surface area contributed by atoms with Crippen LogP contribution in [0.2, 0.25) is 0 Å². The van der Waals surface area contributed by atoms with Crippen LogP contribution in [-0.4, -0.2) is 14.5 Å². The zero-order valence-electron chi connectivity index (χ0n) is 39.2. The van der Waals surface area contributed by atoms with Crippen molar-refractivity contribution in [3.63, 3.8) is 0 Å². The van der Waals surface area contributed by atoms with Crippen LogP contribution in [0.5, 0.6) is 0 Å². The lowest BCUT2D eigenvalue weighted by Crippen LogP contribution is -2.09. The Morgan fingerprint density at radius 2 is 0.750 bits per heavy atom. The predicted molar refractivity (Wildman–Crippen MR) is 303 cm³/mol. The summed E-state index contributed by atoms with van der Waals surface area (Å²) in [5.41, 5.74) is 13.6. The van der Waals surface area contributed by atoms with Crippen molar-refractivity contribution in [2.75, 3.05) is 4.90 Å². The van der Waals surface area contributed by atoms with Crippen molar-refractivity contribution >= 4 is 82.0 Å². The van der Waals surface area contributed by atoms with Gasteiger partial charge in [0, 0.05) is 44.5 Å². The van der Waals surface area contributed by atoms with Gasteiger partial charge in [-0.15, -0.1) is 0 Å². The third-order valence-corrected chi connectivity index (χ3v) is 14.3. The molecule has 2 aromatic heterocycles. The summed E-state index contributed by atoms with van der Waals surface area (Å²) in [4.78, 5) is 13.6. The van der Waals surface area contributed by atoms with Gasteiger partial charge in [-0.3, -0.25) is 4.57 Å². The number of fused-ring (bicyclic) bond motifs is 11. The lowest BCUT2D eigenvalue weighted by atomic mass is 9.91. The standard InChI is InChI=1S/C68H44N4/c1-7-21-45(22-8-1)49-35-39-62-61(41-49)65-57-44-60-56-38-37-53(71(51-29-15-5-16-30-51)52-31-17-6-18-32-52)43-59(56)55-34-20-19-33-54(55)58(60)42-50(57)36-40-63(65)72(62)68-69-66(47-25-11-3-12-26-47)64(46-23-9-2-10-24-46)67(70-68)48-27-13-4-14-28-48/h1-44H. The fourth-order valence-corrected chi connectivity index (χ4v) is 11.1. The zero-order valence-corrected chi connectivity index (χ0v) is 39.2. The van der Waals surface area contributed by atoms with Crippen molar-refractivity contribution in [1.29, 1.82) is 0 Å². The Kier molecular flexibility index (Phi) is 9.82. The van der Waals surface area contributed by atoms with E-state index in [1.165, 1.54) is 48.7 Å². The van der Waals surface area contributed by atoms with E-state index in [1.54, 1.807) is 0 Å². The van der Waals surface area contributed by atoms with Gasteiger partial charge in [-0.2, -0.15) is 0 Å². The van der Waals surface area contributed by atoms with Gasteiger partial charge in [-0.05, 0) is 127 Å². The zero-order chi connectivity index (χ0) is 47.5. The molecule has 0 N–H and O–H groups in total. The fraction of sp³-hybridized carbons (Fsp3) is 0. The smallest absolute Gasteiger partial charge is 0.235 e. The second kappa shape index (κ2) is 17.1. The quantitative estimate of drug-likeness (QED) is 0.112. The molecule has 0 bridgehead atoms. The van der Waals surface area contributed by atoms with Gasteiger partial charge in [0.05, 0.1) is 22.4 Å². The Labute approximate surface area is 417 Å². The maximum absolute atomic E-state index is 5.65. The molecule has 0 atom stereocenters. The Morgan fingerprint density at radius 1 is 0.278 bits per heavy atom. The van der Waals surface area contributed by atoms with Crippen LogP contribution < -0.4 is 4.90 Å². The summed E-state index contributed by atoms with van der Waals surface area (Å²) in [7, 11) is 0. The molecular weight excluding hydrogens is 873 g/mol. The van der Waals surface area contributed by atoms with Gasteiger partial charge in [-0.25, -0.2) is 9.97 Å². The summed E-state index contributed by atoms with van der Waals surface area (Å²) < 4.78 is 2.29. The van der Waals surface area contributed by atoms with Crippen molar-refractivity contribution in [3.8, 4) is 50.7 Å². The van der Waals surface area contributed by atoms with Crippen LogP contribution in [0.15, 0.2) is 267 Å². The van der Waals surface area contributed by atoms with E-state index in [0.29, 0.717) is 5.95 Å². The van der Waals surface area contributed by atoms with Gasteiger partial charge in [0.1, 0.15) is 0 Å². The van der Waals surface area contributed by atoms with Crippen molar-refractivity contribution in [1.82, 2.24) is 14.5 Å². The molecule has 2 heterocycles. The van der Waals surface area contributed by atoms with Crippen LogP contribution in [0.3, 0.4) is 0 Å². The predicted octanol–water partition coefficient (Wildman–Crippen LogP) is 18.3. The molecule has 0 spiro atoms. The molecule has 4 nitrogen and oxygen atoms in total. The number of benzene rings is 12. The minimum absolute atomic E-state index is 0.616. The molecule has 0 aliphatic carbocycles. The second-order valence-corrected chi connectivity index (χ2v) is 18.5. The average molecular weight is 917 g/mol. The van der Waals surface area contributed by atoms with Crippen LogP contribution in [0, 0.1) is 0 Å². The molecule has 14 rings (SSSR count). The van der Waals surface area contributed by atoms with Gasteiger partial charge in [0.15, 0.2) is 0 Å². The molecule has 12 aromatic carbocycles. The molecule has 0 aliphatic heterocycles. The van der Waals surface area contributed by atoms with E-state index < -0.39 is 0 Å². The van der Waals surface area contributed by atoms with Gasteiger partial charge >= 0.3 is 0 Å². The third kappa shape index (κ3) is 6.84. The number of nitrogens with zero attached hydrogens (tertiary/aromatic N) is 4. The van der Waals surface area contributed by atoms with E-state index in [9.17, 15) is 0 Å². The molecule has 0 radical (unpaired) electrons. The maximum Gasteiger partial charge on any atom is 0.235 e. The molecule has 336 valence electrons. The Balaban J connectivity index is 1.08. The first-order valence-corrected chi connectivity index (χ1v) is 24.6. The highest BCUT2D eigenvalue weighted by atomic mass is 15.2. The minimum atomic E-state index is 0.616. The van der Waals surface area contributed by atoms with E-state index in [1.807, 2.05) is 0 Å². The first-order valence-electron chi connectivity index (χ1n) is 24.6. The van der Waals surface area contributed by atoms with Gasteiger partial charge < -0.3 is 4.90 Å². The second-order valence-electron chi connectivity index (χ2n) is 18.5. The number of rotatable bonds is 8. The average Bonchev–Trinajstić information content (AvgIpc) is 3.80. The Bertz CT molecular complexity index is 4250. The van der Waals surface area contributed by atoms with Crippen molar-refractivity contribution in [2.24, 2.45) is 0 Å². The van der Waals surface area contributed by atoms with E-state index >= 15 is 0 Å². The highest BCUT2D eigenvalue weighted by Gasteiger charge is 2.24. The molecule has 0 amide bonds. The summed E-state index contributed by atoms with van der Waals surface area (Å²) in [5, 5.41) is 12.0. The topological polar surface area (TPSA) is 34.0 Å². The fourth-order valence-electron chi connectivity index (χ4n) is 11.1. The van der Waals surface area contributed by atoms with E-state index in [0.717, 1.165) is 78.1 Å². The van der Waals surface area contributed by atoms with Crippen LogP contribution in [0.1, 0.15) is 0 Å². The molecule has 14 aromatic rings. The van der Waals surface area contributed by atoms with Crippen LogP contribution in [-0.2, 0) is 0 Å². The largest absolute Gasteiger partial charge is 0.310 e. The molecular formula is C68H44N4. The summed E-state index contributed by atoms with van der Waals surface area (Å²) >= 11 is 0. The SMILES string of the molecule is c1ccc(-c2ccc3c(c2)c2c4cc5c6ccc(N(c7ccccc7)c7ccccc7)cc6c6ccccc6c5cc4ccc2n3-c2nc(-c3ccccc3)c(-c3ccccc3)c(-c3ccccc3)n2)cc1. The van der Waals surface area contributed by atoms with E-state index in [2.05, 4.69) is 276 Å². The first kappa shape index (κ1) is 41.3. The number of hydrogen-bond donors (Lipinski definition) is 0. The van der Waals surface area contributed by atoms with Gasteiger partial charge in [0.2, 0.25) is 5.95 Å². The Morgan fingerprint density at radius 3 is 1.33 bits per heavy atom. The number of anilines is 3. The highest BCUT2D eigenvalue weighted by molar-refractivity contribution is 6.31. The van der Waals surface area contributed by atoms with Crippen molar-refractivity contribution in [2.45, 2.75) is 0 Å². The summed E-state index contributed by atoms with van der Waals surface area (Å²) in [6, 6.07) is 95.9. The minimum Gasteiger partial charge on any atom is -0.310 e. The molecule has 0 saturated carbocycles. The lowest BCUT2D eigenvalue weighted by Gasteiger charge is -2.26. The molecule has 72 heavy (non-hydrogen) atoms. The van der Waals surface area contributed by atoms with Gasteiger partial charge in [-0.1, -0.05) is 200 Å². The summed E-state index contributed by atoms with van der Waals surface area (Å²) in [6.07, 6.45) is 0. The highest BCUT2D eigenvalue weighted by Crippen LogP contribution is 2.46. The molecule has 0 fully saturated rings. The summed E-state index contributed by atoms with van der Waals surface area (Å²) in [6.45, 7) is 0. The third-order valence-electron chi connectivity index (χ3n) is 14.3. The normalized spacial score (nSPS) is 11.6. The monoisotopic (exact) mass is 916 g/mol.